The fraction of sp³-hybridized carbons (Fsp3) is 0.250. The molecule has 5 heteroatoms. The number of H-pyrrole nitrogens is 1. The number of fused-ring (bicyclic) bond motifs is 2. The first-order valence-electron chi connectivity index (χ1n) is 8.33. The molecular weight excluding hydrogens is 316 g/mol. The second kappa shape index (κ2) is 6.16. The van der Waals surface area contributed by atoms with Crippen LogP contribution in [0.5, 0.6) is 11.5 Å². The minimum Gasteiger partial charge on any atom is -0.493 e. The molecular formula is C20H20N2O3. The summed E-state index contributed by atoms with van der Waals surface area (Å²) < 4.78 is 10.8. The van der Waals surface area contributed by atoms with E-state index in [2.05, 4.69) is 10.3 Å². The number of hydrogen-bond donors (Lipinski definition) is 2. The van der Waals surface area contributed by atoms with Gasteiger partial charge < -0.3 is 19.8 Å². The lowest BCUT2D eigenvalue weighted by Crippen LogP contribution is -2.27. The Labute approximate surface area is 146 Å². The molecule has 0 fully saturated rings. The predicted molar refractivity (Wildman–Crippen MR) is 96.4 cm³/mol. The van der Waals surface area contributed by atoms with E-state index in [1.165, 1.54) is 5.56 Å². The van der Waals surface area contributed by atoms with Gasteiger partial charge >= 0.3 is 0 Å². The molecule has 0 aliphatic heterocycles. The van der Waals surface area contributed by atoms with Gasteiger partial charge in [0.25, 0.3) is 5.91 Å². The Morgan fingerprint density at radius 3 is 2.64 bits per heavy atom. The number of benzene rings is 2. The van der Waals surface area contributed by atoms with Gasteiger partial charge in [-0.1, -0.05) is 18.2 Å². The Balaban J connectivity index is 1.59. The maximum Gasteiger partial charge on any atom is 0.268 e. The standard InChI is InChI=1S/C20H20N2O3/c1-24-18-10-12-7-8-16(14(12)11-19(18)25-2)22-20(23)17-9-13-5-3-4-6-15(13)21-17/h3-6,9-11,16,21H,7-8H2,1-2H3,(H,22,23). The van der Waals surface area contributed by atoms with Crippen molar-refractivity contribution in [2.24, 2.45) is 0 Å². The van der Waals surface area contributed by atoms with Crippen molar-refractivity contribution in [1.29, 1.82) is 0 Å². The second-order valence-corrected chi connectivity index (χ2v) is 6.24. The molecule has 128 valence electrons. The van der Waals surface area contributed by atoms with Crippen LogP contribution in [0.15, 0.2) is 42.5 Å². The molecule has 2 N–H and O–H groups in total. The Kier molecular flexibility index (Phi) is 3.84. The molecule has 5 nitrogen and oxygen atoms in total. The number of hydrogen-bond acceptors (Lipinski definition) is 3. The number of ether oxygens (including phenoxy) is 2. The van der Waals surface area contributed by atoms with Crippen LogP contribution < -0.4 is 14.8 Å². The first-order chi connectivity index (χ1) is 12.2. The lowest BCUT2D eigenvalue weighted by atomic mass is 10.1. The summed E-state index contributed by atoms with van der Waals surface area (Å²) in [4.78, 5) is 15.8. The smallest absolute Gasteiger partial charge is 0.268 e. The van der Waals surface area contributed by atoms with Crippen LogP contribution >= 0.6 is 0 Å². The molecule has 1 aromatic heterocycles. The van der Waals surface area contributed by atoms with Gasteiger partial charge in [0.2, 0.25) is 0 Å². The summed E-state index contributed by atoms with van der Waals surface area (Å²) in [6, 6.07) is 13.7. The molecule has 1 unspecified atom stereocenters. The fourth-order valence-electron chi connectivity index (χ4n) is 3.51. The third-order valence-corrected chi connectivity index (χ3v) is 4.80. The molecule has 1 atom stereocenters. The van der Waals surface area contributed by atoms with E-state index in [-0.39, 0.29) is 11.9 Å². The van der Waals surface area contributed by atoms with Gasteiger partial charge in [0.15, 0.2) is 11.5 Å². The monoisotopic (exact) mass is 336 g/mol. The Hall–Kier alpha value is -2.95. The van der Waals surface area contributed by atoms with Crippen LogP contribution in [-0.4, -0.2) is 25.1 Å². The molecule has 0 saturated heterocycles. The number of amides is 1. The molecule has 4 rings (SSSR count). The van der Waals surface area contributed by atoms with Gasteiger partial charge in [0.1, 0.15) is 5.69 Å². The molecule has 25 heavy (non-hydrogen) atoms. The topological polar surface area (TPSA) is 63.4 Å². The number of aromatic nitrogens is 1. The highest BCUT2D eigenvalue weighted by atomic mass is 16.5. The number of nitrogens with one attached hydrogen (secondary N) is 2. The highest BCUT2D eigenvalue weighted by molar-refractivity contribution is 5.98. The maximum absolute atomic E-state index is 12.7. The van der Waals surface area contributed by atoms with Crippen molar-refractivity contribution in [3.05, 3.63) is 59.3 Å². The molecule has 2 aromatic carbocycles. The van der Waals surface area contributed by atoms with Crippen LogP contribution in [0.4, 0.5) is 0 Å². The number of rotatable bonds is 4. The molecule has 0 bridgehead atoms. The van der Waals surface area contributed by atoms with E-state index >= 15 is 0 Å². The van der Waals surface area contributed by atoms with E-state index in [9.17, 15) is 4.79 Å². The summed E-state index contributed by atoms with van der Waals surface area (Å²) >= 11 is 0. The van der Waals surface area contributed by atoms with E-state index < -0.39 is 0 Å². The molecule has 1 aliphatic rings. The van der Waals surface area contributed by atoms with E-state index in [1.807, 2.05) is 42.5 Å². The van der Waals surface area contributed by atoms with Crippen LogP contribution in [0.2, 0.25) is 0 Å². The van der Waals surface area contributed by atoms with Gasteiger partial charge in [-0.3, -0.25) is 4.79 Å². The van der Waals surface area contributed by atoms with E-state index in [1.54, 1.807) is 14.2 Å². The summed E-state index contributed by atoms with van der Waals surface area (Å²) in [6.07, 6.45) is 1.78. The molecule has 1 aliphatic carbocycles. The quantitative estimate of drug-likeness (QED) is 0.765. The molecule has 3 aromatic rings. The Morgan fingerprint density at radius 1 is 1.12 bits per heavy atom. The van der Waals surface area contributed by atoms with Crippen molar-refractivity contribution < 1.29 is 14.3 Å². The van der Waals surface area contributed by atoms with Gasteiger partial charge in [-0.2, -0.15) is 0 Å². The van der Waals surface area contributed by atoms with E-state index in [0.29, 0.717) is 11.4 Å². The number of aryl methyl sites for hydroxylation is 1. The molecule has 1 heterocycles. The SMILES string of the molecule is COc1cc2c(cc1OC)C(NC(=O)c1cc3ccccc3[nH]1)CC2. The van der Waals surface area contributed by atoms with Crippen molar-refractivity contribution in [3.8, 4) is 11.5 Å². The number of para-hydroxylation sites is 1. The van der Waals surface area contributed by atoms with E-state index in [4.69, 9.17) is 9.47 Å². The lowest BCUT2D eigenvalue weighted by molar-refractivity contribution is 0.0932. The molecule has 0 spiro atoms. The number of methoxy groups -OCH3 is 2. The largest absolute Gasteiger partial charge is 0.493 e. The van der Waals surface area contributed by atoms with Crippen molar-refractivity contribution in [2.45, 2.75) is 18.9 Å². The summed E-state index contributed by atoms with van der Waals surface area (Å²) in [6.45, 7) is 0. The summed E-state index contributed by atoms with van der Waals surface area (Å²) in [5.74, 6) is 1.32. The normalized spacial score (nSPS) is 15.8. The summed E-state index contributed by atoms with van der Waals surface area (Å²) in [5, 5.41) is 4.17. The highest BCUT2D eigenvalue weighted by Gasteiger charge is 2.27. The van der Waals surface area contributed by atoms with Crippen LogP contribution in [0.3, 0.4) is 0 Å². The van der Waals surface area contributed by atoms with Crippen LogP contribution in [0, 0.1) is 0 Å². The average molecular weight is 336 g/mol. The zero-order chi connectivity index (χ0) is 17.4. The van der Waals surface area contributed by atoms with Crippen molar-refractivity contribution >= 4 is 16.8 Å². The first-order valence-corrected chi connectivity index (χ1v) is 8.33. The van der Waals surface area contributed by atoms with Crippen molar-refractivity contribution in [2.75, 3.05) is 14.2 Å². The van der Waals surface area contributed by atoms with Crippen LogP contribution in [-0.2, 0) is 6.42 Å². The van der Waals surface area contributed by atoms with Gasteiger partial charge in [0, 0.05) is 10.9 Å². The lowest BCUT2D eigenvalue weighted by Gasteiger charge is -2.16. The van der Waals surface area contributed by atoms with Gasteiger partial charge in [-0.05, 0) is 48.2 Å². The highest BCUT2D eigenvalue weighted by Crippen LogP contribution is 2.39. The number of aromatic amines is 1. The molecule has 1 amide bonds. The van der Waals surface area contributed by atoms with Crippen LogP contribution in [0.1, 0.15) is 34.1 Å². The second-order valence-electron chi connectivity index (χ2n) is 6.24. The summed E-state index contributed by atoms with van der Waals surface area (Å²) in [5.41, 5.74) is 3.84. The van der Waals surface area contributed by atoms with E-state index in [0.717, 1.165) is 35.1 Å². The summed E-state index contributed by atoms with van der Waals surface area (Å²) in [7, 11) is 3.26. The minimum absolute atomic E-state index is 0.0197. The fourth-order valence-corrected chi connectivity index (χ4v) is 3.51. The van der Waals surface area contributed by atoms with Gasteiger partial charge in [-0.15, -0.1) is 0 Å². The maximum atomic E-state index is 12.7. The zero-order valence-corrected chi connectivity index (χ0v) is 14.3. The Bertz CT molecular complexity index is 912. The third-order valence-electron chi connectivity index (χ3n) is 4.80. The third kappa shape index (κ3) is 2.71. The number of carbonyl (C=O) groups excluding carboxylic acids is 1. The average Bonchev–Trinajstić information content (AvgIpc) is 3.24. The first kappa shape index (κ1) is 15.6. The predicted octanol–water partition coefficient (Wildman–Crippen LogP) is 3.60. The zero-order valence-electron chi connectivity index (χ0n) is 14.3. The molecule has 0 saturated carbocycles. The minimum atomic E-state index is -0.0937. The molecule has 0 radical (unpaired) electrons. The van der Waals surface area contributed by atoms with Crippen molar-refractivity contribution in [3.63, 3.8) is 0 Å². The Morgan fingerprint density at radius 2 is 1.88 bits per heavy atom. The van der Waals surface area contributed by atoms with Gasteiger partial charge in [-0.25, -0.2) is 0 Å². The van der Waals surface area contributed by atoms with Crippen molar-refractivity contribution in [1.82, 2.24) is 10.3 Å². The van der Waals surface area contributed by atoms with Gasteiger partial charge in [0.05, 0.1) is 20.3 Å². The number of carbonyl (C=O) groups is 1. The van der Waals surface area contributed by atoms with Crippen LogP contribution in [0.25, 0.3) is 10.9 Å².